The van der Waals surface area contributed by atoms with E-state index in [1.807, 2.05) is 18.2 Å². The van der Waals surface area contributed by atoms with Gasteiger partial charge in [-0.05, 0) is 26.1 Å². The summed E-state index contributed by atoms with van der Waals surface area (Å²) in [4.78, 5) is 14.0. The highest BCUT2D eigenvalue weighted by Gasteiger charge is 2.31. The fourth-order valence-corrected chi connectivity index (χ4v) is 4.04. The topological polar surface area (TPSA) is 60.3 Å². The van der Waals surface area contributed by atoms with E-state index >= 15 is 0 Å². The van der Waals surface area contributed by atoms with Gasteiger partial charge in [0.05, 0.1) is 19.2 Å². The van der Waals surface area contributed by atoms with Crippen LogP contribution in [0.25, 0.3) is 0 Å². The van der Waals surface area contributed by atoms with Crippen LogP contribution in [0.2, 0.25) is 0 Å². The summed E-state index contributed by atoms with van der Waals surface area (Å²) in [5.74, 6) is 0.783. The first-order valence-corrected chi connectivity index (χ1v) is 9.44. The first-order chi connectivity index (χ1) is 12.1. The Morgan fingerprint density at radius 2 is 2.08 bits per heavy atom. The minimum Gasteiger partial charge on any atom is -0.465 e. The molecule has 7 heteroatoms. The van der Waals surface area contributed by atoms with E-state index in [4.69, 9.17) is 4.74 Å². The lowest BCUT2D eigenvalue weighted by molar-refractivity contribution is -0.137. The molecule has 0 bridgehead atoms. The summed E-state index contributed by atoms with van der Waals surface area (Å²) in [7, 11) is 4.10. The minimum absolute atomic E-state index is 0.152. The van der Waals surface area contributed by atoms with Crippen LogP contribution in [0.5, 0.6) is 0 Å². The van der Waals surface area contributed by atoms with Crippen molar-refractivity contribution in [3.8, 4) is 0 Å². The highest BCUT2D eigenvalue weighted by atomic mass is 32.2. The highest BCUT2D eigenvalue weighted by molar-refractivity contribution is 8.00. The molecule has 2 atom stereocenters. The average molecular weight is 360 g/mol. The van der Waals surface area contributed by atoms with Crippen molar-refractivity contribution in [3.63, 3.8) is 0 Å². The maximum absolute atomic E-state index is 11.8. The van der Waals surface area contributed by atoms with Crippen LogP contribution in [0, 0.1) is 0 Å². The average Bonchev–Trinajstić information content (AvgIpc) is 3.17. The van der Waals surface area contributed by atoms with Crippen molar-refractivity contribution in [1.82, 2.24) is 19.7 Å². The number of nitrogens with zero attached hydrogens (tertiary/aromatic N) is 4. The normalized spacial score (nSPS) is 18.6. The van der Waals surface area contributed by atoms with Crippen LogP contribution in [-0.4, -0.2) is 51.6 Å². The predicted molar refractivity (Wildman–Crippen MR) is 97.5 cm³/mol. The molecule has 0 aliphatic carbocycles. The van der Waals surface area contributed by atoms with Gasteiger partial charge in [-0.2, -0.15) is 0 Å². The molecule has 0 N–H and O–H groups in total. The van der Waals surface area contributed by atoms with Crippen molar-refractivity contribution >= 4 is 17.7 Å². The molecule has 3 rings (SSSR count). The first kappa shape index (κ1) is 17.9. The molecule has 1 aliphatic heterocycles. The maximum Gasteiger partial charge on any atom is 0.319 e. The number of thioether (sulfide) groups is 1. The van der Waals surface area contributed by atoms with Crippen LogP contribution < -0.4 is 0 Å². The fourth-order valence-electron chi connectivity index (χ4n) is 3.04. The van der Waals surface area contributed by atoms with Gasteiger partial charge < -0.3 is 9.30 Å². The molecule has 0 spiro atoms. The van der Waals surface area contributed by atoms with Crippen molar-refractivity contribution < 1.29 is 9.53 Å². The van der Waals surface area contributed by atoms with Crippen molar-refractivity contribution in [2.24, 2.45) is 0 Å². The summed E-state index contributed by atoms with van der Waals surface area (Å²) in [6.07, 6.45) is 1.66. The van der Waals surface area contributed by atoms with Gasteiger partial charge in [0.1, 0.15) is 5.25 Å². The number of esters is 1. The first-order valence-electron chi connectivity index (χ1n) is 8.57. The van der Waals surface area contributed by atoms with Gasteiger partial charge >= 0.3 is 5.97 Å². The second-order valence-electron chi connectivity index (χ2n) is 6.36. The van der Waals surface area contributed by atoms with Gasteiger partial charge in [0.2, 0.25) is 0 Å². The minimum atomic E-state index is -0.189. The highest BCUT2D eigenvalue weighted by Crippen LogP contribution is 2.31. The molecular weight excluding hydrogens is 336 g/mol. The summed E-state index contributed by atoms with van der Waals surface area (Å²) in [5, 5.41) is 9.46. The zero-order valence-corrected chi connectivity index (χ0v) is 15.7. The van der Waals surface area contributed by atoms with Gasteiger partial charge in [-0.15, -0.1) is 10.2 Å². The lowest BCUT2D eigenvalue weighted by Crippen LogP contribution is -2.23. The number of hydrogen-bond donors (Lipinski definition) is 0. The fraction of sp³-hybridized carbons (Fsp3) is 0.500. The smallest absolute Gasteiger partial charge is 0.319 e. The Morgan fingerprint density at radius 3 is 2.68 bits per heavy atom. The molecule has 0 amide bonds. The molecule has 1 saturated heterocycles. The molecule has 6 nitrogen and oxygen atoms in total. The summed E-state index contributed by atoms with van der Waals surface area (Å²) < 4.78 is 7.22. The van der Waals surface area contributed by atoms with Crippen molar-refractivity contribution in [3.05, 3.63) is 41.7 Å². The lowest BCUT2D eigenvalue weighted by Gasteiger charge is -2.23. The van der Waals surface area contributed by atoms with E-state index in [1.165, 1.54) is 17.3 Å². The van der Waals surface area contributed by atoms with E-state index in [1.54, 1.807) is 0 Å². The molecule has 2 heterocycles. The number of cyclic esters (lactones) is 1. The quantitative estimate of drug-likeness (QED) is 0.708. The third-order valence-electron chi connectivity index (χ3n) is 4.37. The number of aromatic nitrogens is 3. The van der Waals surface area contributed by atoms with Gasteiger partial charge in [0.25, 0.3) is 0 Å². The number of rotatable bonds is 7. The van der Waals surface area contributed by atoms with Crippen LogP contribution >= 0.6 is 11.8 Å². The molecule has 0 radical (unpaired) electrons. The van der Waals surface area contributed by atoms with Gasteiger partial charge in [-0.25, -0.2) is 0 Å². The van der Waals surface area contributed by atoms with E-state index in [2.05, 4.69) is 52.8 Å². The SMILES string of the molecule is CCC(c1nnc(SC2CCOC2=O)n1Cc1ccccc1)N(C)C. The Morgan fingerprint density at radius 1 is 1.32 bits per heavy atom. The molecule has 1 aromatic carbocycles. The Hall–Kier alpha value is -1.86. The monoisotopic (exact) mass is 360 g/mol. The van der Waals surface area contributed by atoms with E-state index in [-0.39, 0.29) is 17.3 Å². The number of ether oxygens (including phenoxy) is 1. The summed E-state index contributed by atoms with van der Waals surface area (Å²) in [5.41, 5.74) is 1.19. The van der Waals surface area contributed by atoms with Crippen molar-refractivity contribution in [2.75, 3.05) is 20.7 Å². The Balaban J connectivity index is 1.93. The Kier molecular flexibility index (Phi) is 5.75. The van der Waals surface area contributed by atoms with E-state index in [0.717, 1.165) is 23.8 Å². The van der Waals surface area contributed by atoms with Gasteiger partial charge in [0, 0.05) is 6.42 Å². The molecule has 1 fully saturated rings. The molecule has 2 unspecified atom stereocenters. The summed E-state index contributed by atoms with van der Waals surface area (Å²) in [6.45, 7) is 3.33. The number of benzene rings is 1. The van der Waals surface area contributed by atoms with Crippen LogP contribution in [0.1, 0.15) is 37.2 Å². The molecule has 2 aromatic rings. The van der Waals surface area contributed by atoms with Crippen LogP contribution in [0.3, 0.4) is 0 Å². The van der Waals surface area contributed by atoms with E-state index < -0.39 is 0 Å². The molecular formula is C18H24N4O2S. The van der Waals surface area contributed by atoms with Crippen molar-refractivity contribution in [2.45, 2.75) is 42.8 Å². The zero-order valence-electron chi connectivity index (χ0n) is 14.9. The van der Waals surface area contributed by atoms with E-state index in [0.29, 0.717) is 13.2 Å². The molecule has 25 heavy (non-hydrogen) atoms. The van der Waals surface area contributed by atoms with Crippen LogP contribution in [0.15, 0.2) is 35.5 Å². The van der Waals surface area contributed by atoms with Gasteiger partial charge in [0.15, 0.2) is 11.0 Å². The largest absolute Gasteiger partial charge is 0.465 e. The van der Waals surface area contributed by atoms with Crippen LogP contribution in [0.4, 0.5) is 0 Å². The number of carbonyl (C=O) groups excluding carboxylic acids is 1. The maximum atomic E-state index is 11.8. The van der Waals surface area contributed by atoms with Crippen molar-refractivity contribution in [1.29, 1.82) is 0 Å². The molecule has 0 saturated carbocycles. The summed E-state index contributed by atoms with van der Waals surface area (Å²) in [6, 6.07) is 10.4. The number of hydrogen-bond acceptors (Lipinski definition) is 6. The van der Waals surface area contributed by atoms with E-state index in [9.17, 15) is 4.79 Å². The van der Waals surface area contributed by atoms with Gasteiger partial charge in [-0.1, -0.05) is 49.0 Å². The standard InChI is InChI=1S/C18H24N4O2S/c1-4-14(21(2)3)16-19-20-18(25-15-10-11-24-17(15)23)22(16)12-13-8-6-5-7-9-13/h5-9,14-15H,4,10-12H2,1-3H3. The zero-order chi connectivity index (χ0) is 17.8. The summed E-state index contributed by atoms with van der Waals surface area (Å²) >= 11 is 1.46. The lowest BCUT2D eigenvalue weighted by atomic mass is 10.2. The van der Waals surface area contributed by atoms with Gasteiger partial charge in [-0.3, -0.25) is 9.69 Å². The predicted octanol–water partition coefficient (Wildman–Crippen LogP) is 2.75. The third-order valence-corrected chi connectivity index (χ3v) is 5.60. The van der Waals surface area contributed by atoms with Crippen LogP contribution in [-0.2, 0) is 16.1 Å². The Labute approximate surface area is 152 Å². The molecule has 134 valence electrons. The third kappa shape index (κ3) is 4.04. The number of carbonyl (C=O) groups is 1. The Bertz CT molecular complexity index is 717. The molecule has 1 aliphatic rings. The second kappa shape index (κ2) is 8.01. The molecule has 1 aromatic heterocycles. The second-order valence-corrected chi connectivity index (χ2v) is 7.53.